The quantitative estimate of drug-likeness (QED) is 0.815. The minimum Gasteiger partial charge on any atom is -0.299 e. The number of carbonyl (C=O) groups is 1. The van der Waals surface area contributed by atoms with Crippen LogP contribution in [0, 0.1) is 0 Å². The first-order chi connectivity index (χ1) is 7.34. The summed E-state index contributed by atoms with van der Waals surface area (Å²) in [5.41, 5.74) is 0. The lowest BCUT2D eigenvalue weighted by Gasteiger charge is -2.02. The minimum atomic E-state index is -0.344. The monoisotopic (exact) mass is 220 g/mol. The Balaban J connectivity index is 1.94. The van der Waals surface area contributed by atoms with Crippen LogP contribution in [0.4, 0.5) is 15.7 Å². The van der Waals surface area contributed by atoms with Gasteiger partial charge in [-0.25, -0.2) is 14.8 Å². The Kier molecular flexibility index (Phi) is 2.89. The van der Waals surface area contributed by atoms with Crippen LogP contribution >= 0.6 is 11.3 Å². The molecule has 0 aliphatic carbocycles. The summed E-state index contributed by atoms with van der Waals surface area (Å²) < 4.78 is 0. The second kappa shape index (κ2) is 4.52. The molecule has 0 unspecified atom stereocenters. The molecule has 0 spiro atoms. The molecule has 2 amide bonds. The molecule has 0 saturated carbocycles. The molecule has 76 valence electrons. The van der Waals surface area contributed by atoms with Gasteiger partial charge in [-0.15, -0.1) is 11.3 Å². The average Bonchev–Trinajstić information content (AvgIpc) is 2.71. The fourth-order valence-electron chi connectivity index (χ4n) is 0.958. The van der Waals surface area contributed by atoms with E-state index < -0.39 is 0 Å². The predicted octanol–water partition coefficient (Wildman–Crippen LogP) is 2.18. The van der Waals surface area contributed by atoms with E-state index in [1.807, 2.05) is 17.5 Å². The number of amides is 2. The van der Waals surface area contributed by atoms with Gasteiger partial charge in [0.25, 0.3) is 0 Å². The van der Waals surface area contributed by atoms with Crippen LogP contribution in [0.15, 0.2) is 36.0 Å². The lowest BCUT2D eigenvalue weighted by molar-refractivity contribution is 0.262. The van der Waals surface area contributed by atoms with E-state index in [1.165, 1.54) is 11.3 Å². The molecule has 0 aliphatic rings. The summed E-state index contributed by atoms with van der Waals surface area (Å²) in [7, 11) is 0. The third-order valence-corrected chi connectivity index (χ3v) is 2.33. The molecule has 2 aromatic rings. The second-order valence-corrected chi connectivity index (χ2v) is 3.58. The SMILES string of the molecule is O=C(Nc1ncccn1)Nc1cccs1. The fraction of sp³-hybridized carbons (Fsp3) is 0. The van der Waals surface area contributed by atoms with Crippen molar-refractivity contribution < 1.29 is 4.79 Å². The van der Waals surface area contributed by atoms with E-state index in [-0.39, 0.29) is 12.0 Å². The summed E-state index contributed by atoms with van der Waals surface area (Å²) in [6.45, 7) is 0. The molecule has 2 N–H and O–H groups in total. The molecule has 6 heteroatoms. The Morgan fingerprint density at radius 2 is 2.00 bits per heavy atom. The third kappa shape index (κ3) is 2.75. The van der Waals surface area contributed by atoms with Crippen molar-refractivity contribution >= 4 is 28.3 Å². The van der Waals surface area contributed by atoms with Crippen molar-refractivity contribution in [2.75, 3.05) is 10.6 Å². The maximum absolute atomic E-state index is 11.4. The van der Waals surface area contributed by atoms with Crippen LogP contribution in [0.25, 0.3) is 0 Å². The number of carbonyl (C=O) groups excluding carboxylic acids is 1. The number of hydrogen-bond donors (Lipinski definition) is 2. The van der Waals surface area contributed by atoms with E-state index in [2.05, 4.69) is 20.6 Å². The minimum absolute atomic E-state index is 0.284. The molecule has 0 aromatic carbocycles. The molecule has 5 nitrogen and oxygen atoms in total. The maximum atomic E-state index is 11.4. The van der Waals surface area contributed by atoms with Gasteiger partial charge in [0.05, 0.1) is 5.00 Å². The third-order valence-electron chi connectivity index (χ3n) is 1.55. The molecule has 2 aromatic heterocycles. The summed E-state index contributed by atoms with van der Waals surface area (Å²) in [5, 5.41) is 7.84. The van der Waals surface area contributed by atoms with E-state index >= 15 is 0 Å². The van der Waals surface area contributed by atoms with Gasteiger partial charge in [-0.05, 0) is 23.6 Å². The summed E-state index contributed by atoms with van der Waals surface area (Å²) >= 11 is 1.45. The van der Waals surface area contributed by atoms with Crippen LogP contribution in [0.1, 0.15) is 0 Å². The van der Waals surface area contributed by atoms with Crippen LogP contribution < -0.4 is 10.6 Å². The zero-order chi connectivity index (χ0) is 10.5. The Morgan fingerprint density at radius 3 is 2.67 bits per heavy atom. The fourth-order valence-corrected chi connectivity index (χ4v) is 1.57. The van der Waals surface area contributed by atoms with Crippen molar-refractivity contribution in [1.82, 2.24) is 9.97 Å². The molecule has 0 radical (unpaired) electrons. The Labute approximate surface area is 90.2 Å². The van der Waals surface area contributed by atoms with Crippen LogP contribution in [0.5, 0.6) is 0 Å². The highest BCUT2D eigenvalue weighted by atomic mass is 32.1. The highest BCUT2D eigenvalue weighted by Crippen LogP contribution is 2.14. The largest absolute Gasteiger partial charge is 0.326 e. The number of nitrogens with one attached hydrogen (secondary N) is 2. The van der Waals surface area contributed by atoms with Gasteiger partial charge >= 0.3 is 6.03 Å². The number of rotatable bonds is 2. The number of thiophene rings is 1. The van der Waals surface area contributed by atoms with Gasteiger partial charge in [0.2, 0.25) is 5.95 Å². The molecule has 15 heavy (non-hydrogen) atoms. The van der Waals surface area contributed by atoms with E-state index in [1.54, 1.807) is 18.5 Å². The zero-order valence-corrected chi connectivity index (χ0v) is 8.49. The van der Waals surface area contributed by atoms with Gasteiger partial charge in [0.15, 0.2) is 0 Å². The summed E-state index contributed by atoms with van der Waals surface area (Å²) in [6, 6.07) is 5.02. The maximum Gasteiger partial charge on any atom is 0.326 e. The molecule has 0 fully saturated rings. The van der Waals surface area contributed by atoms with Crippen molar-refractivity contribution in [3.63, 3.8) is 0 Å². The normalized spacial score (nSPS) is 9.60. The number of hydrogen-bond acceptors (Lipinski definition) is 4. The number of urea groups is 1. The van der Waals surface area contributed by atoms with Gasteiger partial charge in [-0.2, -0.15) is 0 Å². The molecular weight excluding hydrogens is 212 g/mol. The molecule has 0 saturated heterocycles. The highest BCUT2D eigenvalue weighted by Gasteiger charge is 2.03. The van der Waals surface area contributed by atoms with Crippen molar-refractivity contribution in [3.05, 3.63) is 36.0 Å². The molecule has 2 rings (SSSR count). The number of aromatic nitrogens is 2. The van der Waals surface area contributed by atoms with Crippen molar-refractivity contribution in [1.29, 1.82) is 0 Å². The lowest BCUT2D eigenvalue weighted by atomic mass is 10.6. The van der Waals surface area contributed by atoms with Gasteiger partial charge in [0.1, 0.15) is 0 Å². The van der Waals surface area contributed by atoms with Crippen molar-refractivity contribution in [2.24, 2.45) is 0 Å². The smallest absolute Gasteiger partial charge is 0.299 e. The van der Waals surface area contributed by atoms with Crippen molar-refractivity contribution in [2.45, 2.75) is 0 Å². The van der Waals surface area contributed by atoms with Crippen molar-refractivity contribution in [3.8, 4) is 0 Å². The Hall–Kier alpha value is -1.95. The van der Waals surface area contributed by atoms with Crippen LogP contribution in [0.3, 0.4) is 0 Å². The first-order valence-electron chi connectivity index (χ1n) is 4.23. The second-order valence-electron chi connectivity index (χ2n) is 2.63. The first-order valence-corrected chi connectivity index (χ1v) is 5.11. The Morgan fingerprint density at radius 1 is 1.20 bits per heavy atom. The Bertz CT molecular complexity index is 429. The van der Waals surface area contributed by atoms with E-state index in [0.29, 0.717) is 0 Å². The van der Waals surface area contributed by atoms with E-state index in [9.17, 15) is 4.79 Å². The van der Waals surface area contributed by atoms with Crippen LogP contribution in [0.2, 0.25) is 0 Å². The molecular formula is C9H8N4OS. The summed E-state index contributed by atoms with van der Waals surface area (Å²) in [6.07, 6.45) is 3.13. The van der Waals surface area contributed by atoms with Crippen LogP contribution in [-0.4, -0.2) is 16.0 Å². The number of anilines is 2. The first kappa shape index (κ1) is 9.60. The number of nitrogens with zero attached hydrogens (tertiary/aromatic N) is 2. The predicted molar refractivity (Wildman–Crippen MR) is 59.0 cm³/mol. The molecule has 2 heterocycles. The van der Waals surface area contributed by atoms with Gasteiger partial charge in [0, 0.05) is 12.4 Å². The molecule has 0 aliphatic heterocycles. The van der Waals surface area contributed by atoms with E-state index in [0.717, 1.165) is 5.00 Å². The molecule has 0 atom stereocenters. The van der Waals surface area contributed by atoms with Gasteiger partial charge < -0.3 is 0 Å². The zero-order valence-electron chi connectivity index (χ0n) is 7.68. The standard InChI is InChI=1S/C9H8N4OS/c14-9(12-7-3-1-6-15-7)13-8-10-4-2-5-11-8/h1-6H,(H2,10,11,12,13,14). The highest BCUT2D eigenvalue weighted by molar-refractivity contribution is 7.14. The van der Waals surface area contributed by atoms with E-state index in [4.69, 9.17) is 0 Å². The molecule has 0 bridgehead atoms. The van der Waals surface area contributed by atoms with Gasteiger partial charge in [-0.1, -0.05) is 0 Å². The van der Waals surface area contributed by atoms with Gasteiger partial charge in [-0.3, -0.25) is 10.6 Å². The van der Waals surface area contributed by atoms with Crippen LogP contribution in [-0.2, 0) is 0 Å². The summed E-state index contributed by atoms with van der Waals surface area (Å²) in [5.74, 6) is 0.284. The summed E-state index contributed by atoms with van der Waals surface area (Å²) in [4.78, 5) is 19.1. The lowest BCUT2D eigenvalue weighted by Crippen LogP contribution is -2.20. The average molecular weight is 220 g/mol. The topological polar surface area (TPSA) is 66.9 Å².